The van der Waals surface area contributed by atoms with Gasteiger partial charge in [0, 0.05) is 33.2 Å². The zero-order valence-corrected chi connectivity index (χ0v) is 9.07. The fourth-order valence-electron chi connectivity index (χ4n) is 1.86. The minimum Gasteiger partial charge on any atom is -0.378 e. The van der Waals surface area contributed by atoms with Crippen LogP contribution in [0.15, 0.2) is 12.7 Å². The van der Waals surface area contributed by atoms with Gasteiger partial charge >= 0.3 is 0 Å². The second-order valence-corrected chi connectivity index (χ2v) is 3.58. The standard InChI is InChI=1S/C11H20O3/c1-4-9-7-8-14-10(9)5-6-11(12-2)13-3/h4,9-11H,1,5-8H2,2-3H3/t9-,10-/m1/s1. The Labute approximate surface area is 86.0 Å². The van der Waals surface area contributed by atoms with Gasteiger partial charge in [-0.2, -0.15) is 0 Å². The maximum Gasteiger partial charge on any atom is 0.156 e. The van der Waals surface area contributed by atoms with Gasteiger partial charge in [0.25, 0.3) is 0 Å². The van der Waals surface area contributed by atoms with Crippen LogP contribution in [0.3, 0.4) is 0 Å². The van der Waals surface area contributed by atoms with Crippen LogP contribution in [0, 0.1) is 5.92 Å². The van der Waals surface area contributed by atoms with Crippen LogP contribution in [0.4, 0.5) is 0 Å². The molecule has 0 amide bonds. The summed E-state index contributed by atoms with van der Waals surface area (Å²) < 4.78 is 15.9. The highest BCUT2D eigenvalue weighted by molar-refractivity contribution is 4.89. The van der Waals surface area contributed by atoms with Crippen molar-refractivity contribution >= 4 is 0 Å². The molecule has 1 aliphatic heterocycles. The third-order valence-electron chi connectivity index (χ3n) is 2.78. The van der Waals surface area contributed by atoms with E-state index < -0.39 is 0 Å². The van der Waals surface area contributed by atoms with Gasteiger partial charge in [-0.25, -0.2) is 0 Å². The SMILES string of the molecule is C=C[C@@H]1CCO[C@@H]1CCC(OC)OC. The van der Waals surface area contributed by atoms with E-state index in [1.807, 2.05) is 6.08 Å². The number of ether oxygens (including phenoxy) is 3. The van der Waals surface area contributed by atoms with Crippen LogP contribution in [0.2, 0.25) is 0 Å². The third-order valence-corrected chi connectivity index (χ3v) is 2.78. The highest BCUT2D eigenvalue weighted by Gasteiger charge is 2.26. The van der Waals surface area contributed by atoms with E-state index in [2.05, 4.69) is 6.58 Å². The van der Waals surface area contributed by atoms with Crippen molar-refractivity contribution in [2.75, 3.05) is 20.8 Å². The minimum atomic E-state index is -0.107. The summed E-state index contributed by atoms with van der Waals surface area (Å²) in [5, 5.41) is 0. The molecule has 2 atom stereocenters. The molecule has 0 saturated carbocycles. The number of methoxy groups -OCH3 is 2. The Morgan fingerprint density at radius 3 is 2.79 bits per heavy atom. The molecule has 3 heteroatoms. The summed E-state index contributed by atoms with van der Waals surface area (Å²) in [4.78, 5) is 0. The Kier molecular flexibility index (Phi) is 5.15. The molecular weight excluding hydrogens is 180 g/mol. The van der Waals surface area contributed by atoms with Crippen LogP contribution in [0.1, 0.15) is 19.3 Å². The van der Waals surface area contributed by atoms with Crippen LogP contribution in [0.25, 0.3) is 0 Å². The average Bonchev–Trinajstić information content (AvgIpc) is 2.67. The highest BCUT2D eigenvalue weighted by atomic mass is 16.7. The van der Waals surface area contributed by atoms with Crippen molar-refractivity contribution in [1.82, 2.24) is 0 Å². The molecule has 0 radical (unpaired) electrons. The predicted molar refractivity (Wildman–Crippen MR) is 55.1 cm³/mol. The average molecular weight is 200 g/mol. The lowest BCUT2D eigenvalue weighted by atomic mass is 9.98. The Bertz CT molecular complexity index is 166. The first-order valence-electron chi connectivity index (χ1n) is 5.11. The van der Waals surface area contributed by atoms with E-state index in [4.69, 9.17) is 14.2 Å². The van der Waals surface area contributed by atoms with E-state index in [1.165, 1.54) is 0 Å². The van der Waals surface area contributed by atoms with Crippen molar-refractivity contribution < 1.29 is 14.2 Å². The molecule has 82 valence electrons. The van der Waals surface area contributed by atoms with Crippen molar-refractivity contribution in [3.63, 3.8) is 0 Å². The first-order chi connectivity index (χ1) is 6.81. The van der Waals surface area contributed by atoms with Gasteiger partial charge in [-0.15, -0.1) is 6.58 Å². The van der Waals surface area contributed by atoms with Gasteiger partial charge in [-0.1, -0.05) is 6.08 Å². The molecule has 3 nitrogen and oxygen atoms in total. The molecule has 0 unspecified atom stereocenters. The second kappa shape index (κ2) is 6.17. The molecule has 1 rings (SSSR count). The van der Waals surface area contributed by atoms with E-state index in [-0.39, 0.29) is 6.29 Å². The molecule has 0 aromatic carbocycles. The van der Waals surface area contributed by atoms with Gasteiger partial charge in [0.15, 0.2) is 6.29 Å². The molecule has 0 aromatic rings. The van der Waals surface area contributed by atoms with Gasteiger partial charge in [-0.3, -0.25) is 0 Å². The maximum absolute atomic E-state index is 5.61. The second-order valence-electron chi connectivity index (χ2n) is 3.58. The molecule has 0 N–H and O–H groups in total. The molecule has 0 aromatic heterocycles. The molecular formula is C11H20O3. The number of rotatable bonds is 6. The summed E-state index contributed by atoms with van der Waals surface area (Å²) in [7, 11) is 3.32. The summed E-state index contributed by atoms with van der Waals surface area (Å²) in [5.74, 6) is 0.504. The van der Waals surface area contributed by atoms with Gasteiger partial charge in [0.05, 0.1) is 6.10 Å². The summed E-state index contributed by atoms with van der Waals surface area (Å²) >= 11 is 0. The molecule has 0 bridgehead atoms. The largest absolute Gasteiger partial charge is 0.378 e. The Hall–Kier alpha value is -0.380. The summed E-state index contributed by atoms with van der Waals surface area (Å²) in [6.07, 6.45) is 5.14. The molecule has 1 heterocycles. The Morgan fingerprint density at radius 2 is 2.21 bits per heavy atom. The van der Waals surface area contributed by atoms with Crippen LogP contribution >= 0.6 is 0 Å². The number of hydrogen-bond acceptors (Lipinski definition) is 3. The zero-order chi connectivity index (χ0) is 10.4. The minimum absolute atomic E-state index is 0.107. The van der Waals surface area contributed by atoms with E-state index in [0.29, 0.717) is 12.0 Å². The van der Waals surface area contributed by atoms with Crippen LogP contribution < -0.4 is 0 Å². The molecule has 14 heavy (non-hydrogen) atoms. The first-order valence-corrected chi connectivity index (χ1v) is 5.11. The van der Waals surface area contributed by atoms with Crippen molar-refractivity contribution in [1.29, 1.82) is 0 Å². The topological polar surface area (TPSA) is 27.7 Å². The predicted octanol–water partition coefficient (Wildman–Crippen LogP) is 1.98. The highest BCUT2D eigenvalue weighted by Crippen LogP contribution is 2.26. The normalized spacial score (nSPS) is 27.1. The fourth-order valence-corrected chi connectivity index (χ4v) is 1.86. The van der Waals surface area contributed by atoms with Gasteiger partial charge in [0.2, 0.25) is 0 Å². The maximum atomic E-state index is 5.61. The van der Waals surface area contributed by atoms with E-state index in [1.54, 1.807) is 14.2 Å². The van der Waals surface area contributed by atoms with E-state index in [9.17, 15) is 0 Å². The fraction of sp³-hybridized carbons (Fsp3) is 0.818. The van der Waals surface area contributed by atoms with Crippen molar-refractivity contribution in [2.45, 2.75) is 31.7 Å². The molecule has 1 saturated heterocycles. The van der Waals surface area contributed by atoms with Gasteiger partial charge < -0.3 is 14.2 Å². The molecule has 0 aliphatic carbocycles. The van der Waals surface area contributed by atoms with E-state index >= 15 is 0 Å². The lowest BCUT2D eigenvalue weighted by Gasteiger charge is -2.18. The van der Waals surface area contributed by atoms with Crippen LogP contribution in [0.5, 0.6) is 0 Å². The van der Waals surface area contributed by atoms with Crippen molar-refractivity contribution in [2.24, 2.45) is 5.92 Å². The van der Waals surface area contributed by atoms with E-state index in [0.717, 1.165) is 25.9 Å². The third kappa shape index (κ3) is 3.08. The van der Waals surface area contributed by atoms with Crippen LogP contribution in [-0.2, 0) is 14.2 Å². The quantitative estimate of drug-likeness (QED) is 0.484. The molecule has 1 fully saturated rings. The Morgan fingerprint density at radius 1 is 1.50 bits per heavy atom. The zero-order valence-electron chi connectivity index (χ0n) is 9.07. The summed E-state index contributed by atoms with van der Waals surface area (Å²) in [5.41, 5.74) is 0. The molecule has 1 aliphatic rings. The molecule has 0 spiro atoms. The summed E-state index contributed by atoms with van der Waals surface area (Å²) in [6, 6.07) is 0. The smallest absolute Gasteiger partial charge is 0.156 e. The first kappa shape index (κ1) is 11.7. The van der Waals surface area contributed by atoms with Gasteiger partial charge in [0.1, 0.15) is 0 Å². The van der Waals surface area contributed by atoms with Crippen LogP contribution in [-0.4, -0.2) is 33.2 Å². The number of hydrogen-bond donors (Lipinski definition) is 0. The Balaban J connectivity index is 2.25. The monoisotopic (exact) mass is 200 g/mol. The summed E-state index contributed by atoms with van der Waals surface area (Å²) in [6.45, 7) is 4.67. The van der Waals surface area contributed by atoms with Crippen molar-refractivity contribution in [3.8, 4) is 0 Å². The van der Waals surface area contributed by atoms with Crippen molar-refractivity contribution in [3.05, 3.63) is 12.7 Å². The lowest BCUT2D eigenvalue weighted by Crippen LogP contribution is -2.20. The lowest BCUT2D eigenvalue weighted by molar-refractivity contribution is -0.111. The van der Waals surface area contributed by atoms with Gasteiger partial charge in [-0.05, 0) is 12.8 Å².